The van der Waals surface area contributed by atoms with Crippen LogP contribution >= 0.6 is 0 Å². The SMILES string of the molecule is C=C1CC[C@@]2(C)C(=CC(=O)C3C4CCC(C(C)CCCC(C)C)[C@@]4(C)CCC32)N1C. The normalized spacial score (nSPS) is 42.0. The molecule has 3 aliphatic carbocycles. The molecular formula is C28H45NO. The number of hydrogen-bond acceptors (Lipinski definition) is 2. The monoisotopic (exact) mass is 411 g/mol. The van der Waals surface area contributed by atoms with E-state index >= 15 is 0 Å². The van der Waals surface area contributed by atoms with Gasteiger partial charge in [0.15, 0.2) is 5.78 Å². The Hall–Kier alpha value is -1.05. The molecule has 2 nitrogen and oxygen atoms in total. The van der Waals surface area contributed by atoms with E-state index < -0.39 is 0 Å². The van der Waals surface area contributed by atoms with Crippen molar-refractivity contribution >= 4 is 5.78 Å². The number of ketones is 1. The molecule has 1 aliphatic heterocycles. The van der Waals surface area contributed by atoms with E-state index in [4.69, 9.17) is 0 Å². The Morgan fingerprint density at radius 1 is 1.10 bits per heavy atom. The fourth-order valence-electron chi connectivity index (χ4n) is 8.40. The number of carbonyl (C=O) groups is 1. The van der Waals surface area contributed by atoms with Crippen LogP contribution in [0, 0.1) is 46.3 Å². The number of fused-ring (bicyclic) bond motifs is 5. The number of likely N-dealkylation sites (tertiary alicyclic amines) is 1. The molecule has 5 unspecified atom stereocenters. The number of hydrogen-bond donors (Lipinski definition) is 0. The van der Waals surface area contributed by atoms with Crippen molar-refractivity contribution in [3.05, 3.63) is 24.0 Å². The molecule has 0 aromatic carbocycles. The van der Waals surface area contributed by atoms with Gasteiger partial charge in [-0.1, -0.05) is 60.5 Å². The van der Waals surface area contributed by atoms with Crippen molar-refractivity contribution in [2.45, 2.75) is 92.4 Å². The van der Waals surface area contributed by atoms with Gasteiger partial charge >= 0.3 is 0 Å². The summed E-state index contributed by atoms with van der Waals surface area (Å²) < 4.78 is 0. The maximum Gasteiger partial charge on any atom is 0.161 e. The highest BCUT2D eigenvalue weighted by atomic mass is 16.1. The zero-order valence-corrected chi connectivity index (χ0v) is 20.5. The highest BCUT2D eigenvalue weighted by molar-refractivity contribution is 5.94. The Morgan fingerprint density at radius 2 is 1.83 bits per heavy atom. The third-order valence-corrected chi connectivity index (χ3v) is 10.3. The van der Waals surface area contributed by atoms with Gasteiger partial charge in [0.1, 0.15) is 0 Å². The van der Waals surface area contributed by atoms with Crippen molar-refractivity contribution in [1.29, 1.82) is 0 Å². The molecule has 0 amide bonds. The minimum Gasteiger partial charge on any atom is -0.352 e. The molecule has 1 saturated heterocycles. The van der Waals surface area contributed by atoms with Crippen LogP contribution in [0.4, 0.5) is 0 Å². The zero-order valence-electron chi connectivity index (χ0n) is 20.5. The fraction of sp³-hybridized carbons (Fsp3) is 0.821. The summed E-state index contributed by atoms with van der Waals surface area (Å²) in [6, 6.07) is 0. The van der Waals surface area contributed by atoms with Crippen LogP contribution in [0.5, 0.6) is 0 Å². The molecule has 0 N–H and O–H groups in total. The first-order valence-corrected chi connectivity index (χ1v) is 12.8. The van der Waals surface area contributed by atoms with Crippen molar-refractivity contribution in [2.24, 2.45) is 46.3 Å². The highest BCUT2D eigenvalue weighted by Crippen LogP contribution is 2.66. The Bertz CT molecular complexity index is 735. The summed E-state index contributed by atoms with van der Waals surface area (Å²) in [5.74, 6) is 4.20. The van der Waals surface area contributed by atoms with Gasteiger partial charge in [-0.25, -0.2) is 0 Å². The summed E-state index contributed by atoms with van der Waals surface area (Å²) in [7, 11) is 2.12. The maximum atomic E-state index is 13.6. The van der Waals surface area contributed by atoms with Crippen molar-refractivity contribution in [3.8, 4) is 0 Å². The van der Waals surface area contributed by atoms with E-state index in [0.717, 1.165) is 30.6 Å². The van der Waals surface area contributed by atoms with E-state index in [1.165, 1.54) is 56.3 Å². The van der Waals surface area contributed by atoms with Gasteiger partial charge in [0.25, 0.3) is 0 Å². The zero-order chi connectivity index (χ0) is 21.8. The average Bonchev–Trinajstić information content (AvgIpc) is 3.03. The Morgan fingerprint density at radius 3 is 2.53 bits per heavy atom. The highest BCUT2D eigenvalue weighted by Gasteiger charge is 2.61. The third-order valence-electron chi connectivity index (χ3n) is 10.3. The summed E-state index contributed by atoms with van der Waals surface area (Å²) in [6.45, 7) is 16.5. The van der Waals surface area contributed by atoms with Gasteiger partial charge in [0.05, 0.1) is 0 Å². The topological polar surface area (TPSA) is 20.3 Å². The smallest absolute Gasteiger partial charge is 0.161 e. The molecule has 2 heteroatoms. The predicted molar refractivity (Wildman–Crippen MR) is 126 cm³/mol. The lowest BCUT2D eigenvalue weighted by Crippen LogP contribution is -2.55. The van der Waals surface area contributed by atoms with E-state index in [2.05, 4.69) is 53.1 Å². The van der Waals surface area contributed by atoms with Crippen molar-refractivity contribution in [3.63, 3.8) is 0 Å². The molecule has 0 spiro atoms. The number of allylic oxidation sites excluding steroid dienone is 3. The van der Waals surface area contributed by atoms with Crippen LogP contribution in [-0.2, 0) is 4.79 Å². The molecule has 0 aromatic heterocycles. The number of carbonyl (C=O) groups excluding carboxylic acids is 1. The Balaban J connectivity index is 1.57. The molecule has 4 rings (SSSR count). The molecule has 4 aliphatic rings. The fourth-order valence-corrected chi connectivity index (χ4v) is 8.40. The molecule has 1 heterocycles. The van der Waals surface area contributed by atoms with Crippen molar-refractivity contribution in [2.75, 3.05) is 7.05 Å². The lowest BCUT2D eigenvalue weighted by molar-refractivity contribution is -0.135. The van der Waals surface area contributed by atoms with E-state index in [0.29, 0.717) is 23.0 Å². The Labute approximate surface area is 185 Å². The minimum absolute atomic E-state index is 0.150. The van der Waals surface area contributed by atoms with Crippen molar-refractivity contribution < 1.29 is 4.79 Å². The molecular weight excluding hydrogens is 366 g/mol. The first-order valence-electron chi connectivity index (χ1n) is 12.8. The van der Waals surface area contributed by atoms with Gasteiger partial charge in [0.2, 0.25) is 0 Å². The summed E-state index contributed by atoms with van der Waals surface area (Å²) in [5.41, 5.74) is 2.93. The van der Waals surface area contributed by atoms with Gasteiger partial charge in [0, 0.05) is 35.9 Å². The van der Waals surface area contributed by atoms with Crippen molar-refractivity contribution in [1.82, 2.24) is 4.90 Å². The van der Waals surface area contributed by atoms with Crippen LogP contribution in [0.2, 0.25) is 0 Å². The van der Waals surface area contributed by atoms with Gasteiger partial charge < -0.3 is 4.90 Å². The van der Waals surface area contributed by atoms with E-state index in [9.17, 15) is 4.79 Å². The van der Waals surface area contributed by atoms with Crippen LogP contribution in [-0.4, -0.2) is 17.7 Å². The van der Waals surface area contributed by atoms with Gasteiger partial charge in [-0.05, 0) is 73.5 Å². The van der Waals surface area contributed by atoms with E-state index in [1.807, 2.05) is 6.08 Å². The largest absolute Gasteiger partial charge is 0.352 e. The first-order chi connectivity index (χ1) is 14.1. The molecule has 0 bridgehead atoms. The van der Waals surface area contributed by atoms with Crippen LogP contribution < -0.4 is 0 Å². The summed E-state index contributed by atoms with van der Waals surface area (Å²) in [4.78, 5) is 15.8. The van der Waals surface area contributed by atoms with Gasteiger partial charge in [-0.3, -0.25) is 4.79 Å². The molecule has 0 aromatic rings. The number of piperidine rings is 1. The second kappa shape index (κ2) is 7.82. The number of nitrogens with zero attached hydrogens (tertiary/aromatic N) is 1. The lowest BCUT2D eigenvalue weighted by atomic mass is 9.48. The van der Waals surface area contributed by atoms with Crippen LogP contribution in [0.1, 0.15) is 92.4 Å². The maximum absolute atomic E-state index is 13.6. The summed E-state index contributed by atoms with van der Waals surface area (Å²) >= 11 is 0. The molecule has 168 valence electrons. The molecule has 7 atom stereocenters. The van der Waals surface area contributed by atoms with Gasteiger partial charge in [-0.15, -0.1) is 0 Å². The molecule has 0 radical (unpaired) electrons. The minimum atomic E-state index is 0.150. The van der Waals surface area contributed by atoms with Crippen LogP contribution in [0.3, 0.4) is 0 Å². The molecule has 2 saturated carbocycles. The standard InChI is InChI=1S/C28H45NO/c1-18(2)9-8-10-19(3)21-11-12-22-26-23(14-16-27(21,22)5)28(6)15-13-20(4)29(7)25(28)17-24(26)30/h17-19,21-23,26H,4,8-16H2,1-3,5-7H3/t19?,21?,22?,23?,26?,27-,28-/m1/s1. The Kier molecular flexibility index (Phi) is 5.78. The molecule has 30 heavy (non-hydrogen) atoms. The van der Waals surface area contributed by atoms with Gasteiger partial charge in [-0.2, -0.15) is 0 Å². The summed E-state index contributed by atoms with van der Waals surface area (Å²) in [6.07, 6.45) is 13.5. The van der Waals surface area contributed by atoms with E-state index in [-0.39, 0.29) is 11.3 Å². The van der Waals surface area contributed by atoms with E-state index in [1.54, 1.807) is 0 Å². The second-order valence-corrected chi connectivity index (χ2v) is 12.2. The van der Waals surface area contributed by atoms with Crippen LogP contribution in [0.15, 0.2) is 24.0 Å². The predicted octanol–water partition coefficient (Wildman–Crippen LogP) is 7.22. The summed E-state index contributed by atoms with van der Waals surface area (Å²) in [5, 5.41) is 0. The third kappa shape index (κ3) is 3.32. The first kappa shape index (κ1) is 22.2. The molecule has 3 fully saturated rings. The second-order valence-electron chi connectivity index (χ2n) is 12.2. The van der Waals surface area contributed by atoms with Crippen LogP contribution in [0.25, 0.3) is 0 Å². The lowest BCUT2D eigenvalue weighted by Gasteiger charge is -2.58. The number of rotatable bonds is 5. The quantitative estimate of drug-likeness (QED) is 0.476. The average molecular weight is 412 g/mol.